The molecule has 0 spiro atoms. The second kappa shape index (κ2) is 7.25. The fourth-order valence-corrected chi connectivity index (χ4v) is 4.28. The van der Waals surface area contributed by atoms with E-state index in [2.05, 4.69) is 69.5 Å². The zero-order valence-electron chi connectivity index (χ0n) is 13.8. The summed E-state index contributed by atoms with van der Waals surface area (Å²) in [4.78, 5) is 1.12. The van der Waals surface area contributed by atoms with Gasteiger partial charge in [0.2, 0.25) is 0 Å². The first-order valence-electron chi connectivity index (χ1n) is 8.04. The van der Waals surface area contributed by atoms with Gasteiger partial charge in [-0.3, -0.25) is 4.57 Å². The molecule has 0 fully saturated rings. The second-order valence-electron chi connectivity index (χ2n) is 5.73. The lowest BCUT2D eigenvalue weighted by molar-refractivity contribution is 0.886. The summed E-state index contributed by atoms with van der Waals surface area (Å²) in [7, 11) is 0. The van der Waals surface area contributed by atoms with E-state index in [-0.39, 0.29) is 0 Å². The van der Waals surface area contributed by atoms with Crippen molar-refractivity contribution in [1.82, 2.24) is 14.8 Å². The maximum absolute atomic E-state index is 4.47. The summed E-state index contributed by atoms with van der Waals surface area (Å²) in [5.41, 5.74) is 3.66. The Morgan fingerprint density at radius 1 is 0.960 bits per heavy atom. The average molecular weight is 364 g/mol. The molecule has 0 saturated heterocycles. The molecule has 4 aromatic rings. The van der Waals surface area contributed by atoms with Gasteiger partial charge in [-0.1, -0.05) is 65.9 Å². The third kappa shape index (κ3) is 3.52. The lowest BCUT2D eigenvalue weighted by Gasteiger charge is -2.09. The molecule has 0 aliphatic heterocycles. The van der Waals surface area contributed by atoms with Crippen LogP contribution in [0.25, 0.3) is 16.4 Å². The van der Waals surface area contributed by atoms with Crippen LogP contribution < -0.4 is 0 Å². The Hall–Kier alpha value is -2.37. The van der Waals surface area contributed by atoms with Crippen LogP contribution in [0.4, 0.5) is 0 Å². The SMILES string of the molecule is Cc1cccc(CSc2nnc(-c3cccs3)n2-c2ccccc2)c1. The molecule has 3 nitrogen and oxygen atoms in total. The Bertz CT molecular complexity index is 960. The van der Waals surface area contributed by atoms with Gasteiger partial charge in [0.05, 0.1) is 4.88 Å². The molecule has 0 aliphatic carbocycles. The Balaban J connectivity index is 1.70. The molecular formula is C20H17N3S2. The lowest BCUT2D eigenvalue weighted by Crippen LogP contribution is -1.98. The van der Waals surface area contributed by atoms with E-state index in [1.54, 1.807) is 23.1 Å². The van der Waals surface area contributed by atoms with E-state index in [0.29, 0.717) is 0 Å². The van der Waals surface area contributed by atoms with Crippen molar-refractivity contribution >= 4 is 23.1 Å². The lowest BCUT2D eigenvalue weighted by atomic mass is 10.2. The molecule has 0 bridgehead atoms. The quantitative estimate of drug-likeness (QED) is 0.433. The molecule has 2 heterocycles. The van der Waals surface area contributed by atoms with Gasteiger partial charge in [-0.05, 0) is 36.1 Å². The zero-order valence-corrected chi connectivity index (χ0v) is 15.4. The molecule has 2 aromatic heterocycles. The molecule has 0 unspecified atom stereocenters. The van der Waals surface area contributed by atoms with Crippen molar-refractivity contribution in [1.29, 1.82) is 0 Å². The standard InChI is InChI=1S/C20H17N3S2/c1-15-7-5-8-16(13-15)14-25-20-22-21-19(18-11-6-12-24-18)23(20)17-9-3-2-4-10-17/h2-13H,14H2,1H3. The molecule has 124 valence electrons. The number of aromatic nitrogens is 3. The van der Waals surface area contributed by atoms with Gasteiger partial charge in [0.1, 0.15) is 0 Å². The Labute approximate surface area is 155 Å². The maximum atomic E-state index is 4.47. The molecule has 0 aliphatic rings. The molecule has 0 radical (unpaired) electrons. The van der Waals surface area contributed by atoms with Crippen LogP contribution in [0.3, 0.4) is 0 Å². The van der Waals surface area contributed by atoms with Crippen molar-refractivity contribution in [2.75, 3.05) is 0 Å². The number of hydrogen-bond donors (Lipinski definition) is 0. The largest absolute Gasteiger partial charge is 0.269 e. The molecule has 5 heteroatoms. The first-order chi connectivity index (χ1) is 12.3. The zero-order chi connectivity index (χ0) is 17.1. The van der Waals surface area contributed by atoms with Gasteiger partial charge in [0.15, 0.2) is 11.0 Å². The highest BCUT2D eigenvalue weighted by Crippen LogP contribution is 2.31. The Morgan fingerprint density at radius 3 is 2.60 bits per heavy atom. The molecule has 0 saturated carbocycles. The summed E-state index contributed by atoms with van der Waals surface area (Å²) in [6.45, 7) is 2.12. The molecule has 4 rings (SSSR count). The minimum absolute atomic E-state index is 0.872. The van der Waals surface area contributed by atoms with Crippen molar-refractivity contribution in [2.45, 2.75) is 17.8 Å². The highest BCUT2D eigenvalue weighted by Gasteiger charge is 2.16. The number of thiophene rings is 1. The maximum Gasteiger partial charge on any atom is 0.196 e. The van der Waals surface area contributed by atoms with Crippen LogP contribution in [0.5, 0.6) is 0 Å². The van der Waals surface area contributed by atoms with Crippen molar-refractivity contribution in [3.8, 4) is 16.4 Å². The predicted molar refractivity (Wildman–Crippen MR) is 105 cm³/mol. The number of para-hydroxylation sites is 1. The molecular weight excluding hydrogens is 346 g/mol. The van der Waals surface area contributed by atoms with Crippen molar-refractivity contribution in [3.63, 3.8) is 0 Å². The topological polar surface area (TPSA) is 30.7 Å². The summed E-state index contributed by atoms with van der Waals surface area (Å²) < 4.78 is 2.15. The highest BCUT2D eigenvalue weighted by molar-refractivity contribution is 7.98. The van der Waals surface area contributed by atoms with Gasteiger partial charge < -0.3 is 0 Å². The van der Waals surface area contributed by atoms with Gasteiger partial charge >= 0.3 is 0 Å². The Kier molecular flexibility index (Phi) is 4.68. The van der Waals surface area contributed by atoms with Crippen LogP contribution in [0.15, 0.2) is 77.3 Å². The van der Waals surface area contributed by atoms with Crippen LogP contribution in [-0.4, -0.2) is 14.8 Å². The first kappa shape index (κ1) is 16.1. The monoisotopic (exact) mass is 363 g/mol. The summed E-state index contributed by atoms with van der Waals surface area (Å²) >= 11 is 3.40. The third-order valence-electron chi connectivity index (χ3n) is 3.84. The minimum Gasteiger partial charge on any atom is -0.269 e. The fourth-order valence-electron chi connectivity index (χ4n) is 2.69. The van der Waals surface area contributed by atoms with Crippen molar-refractivity contribution < 1.29 is 0 Å². The molecule has 2 aromatic carbocycles. The number of benzene rings is 2. The predicted octanol–water partition coefficient (Wildman–Crippen LogP) is 5.60. The van der Waals surface area contributed by atoms with Crippen LogP contribution >= 0.6 is 23.1 Å². The first-order valence-corrected chi connectivity index (χ1v) is 9.91. The smallest absolute Gasteiger partial charge is 0.196 e. The van der Waals surface area contributed by atoms with E-state index in [0.717, 1.165) is 27.3 Å². The number of nitrogens with zero attached hydrogens (tertiary/aromatic N) is 3. The number of hydrogen-bond acceptors (Lipinski definition) is 4. The van der Waals surface area contributed by atoms with E-state index < -0.39 is 0 Å². The summed E-state index contributed by atoms with van der Waals surface area (Å²) in [6, 6.07) is 23.0. The molecule has 0 N–H and O–H groups in total. The second-order valence-corrected chi connectivity index (χ2v) is 7.62. The summed E-state index contributed by atoms with van der Waals surface area (Å²) in [6.07, 6.45) is 0. The van der Waals surface area contributed by atoms with Crippen LogP contribution in [0.2, 0.25) is 0 Å². The van der Waals surface area contributed by atoms with Gasteiger partial charge in [0, 0.05) is 11.4 Å². The van der Waals surface area contributed by atoms with E-state index in [4.69, 9.17) is 0 Å². The normalized spacial score (nSPS) is 10.9. The van der Waals surface area contributed by atoms with Crippen LogP contribution in [0.1, 0.15) is 11.1 Å². The number of thioether (sulfide) groups is 1. The van der Waals surface area contributed by atoms with Crippen molar-refractivity contribution in [2.24, 2.45) is 0 Å². The number of rotatable bonds is 5. The number of aryl methyl sites for hydroxylation is 1. The minimum atomic E-state index is 0.872. The van der Waals surface area contributed by atoms with Crippen molar-refractivity contribution in [3.05, 3.63) is 83.2 Å². The fraction of sp³-hybridized carbons (Fsp3) is 0.100. The summed E-state index contributed by atoms with van der Waals surface area (Å²) in [5.74, 6) is 1.77. The van der Waals surface area contributed by atoms with E-state index in [1.807, 2.05) is 24.3 Å². The summed E-state index contributed by atoms with van der Waals surface area (Å²) in [5, 5.41) is 11.9. The Morgan fingerprint density at radius 2 is 1.84 bits per heavy atom. The van der Waals surface area contributed by atoms with E-state index in [1.165, 1.54) is 11.1 Å². The van der Waals surface area contributed by atoms with E-state index in [9.17, 15) is 0 Å². The van der Waals surface area contributed by atoms with Crippen LogP contribution in [-0.2, 0) is 5.75 Å². The van der Waals surface area contributed by atoms with E-state index >= 15 is 0 Å². The molecule has 0 amide bonds. The van der Waals surface area contributed by atoms with Gasteiger partial charge in [-0.15, -0.1) is 21.5 Å². The van der Waals surface area contributed by atoms with Gasteiger partial charge in [-0.25, -0.2) is 0 Å². The van der Waals surface area contributed by atoms with Gasteiger partial charge in [-0.2, -0.15) is 0 Å². The third-order valence-corrected chi connectivity index (χ3v) is 5.71. The highest BCUT2D eigenvalue weighted by atomic mass is 32.2. The molecule has 25 heavy (non-hydrogen) atoms. The average Bonchev–Trinajstić information content (AvgIpc) is 3.30. The van der Waals surface area contributed by atoms with Crippen LogP contribution in [0, 0.1) is 6.92 Å². The molecule has 0 atom stereocenters. The van der Waals surface area contributed by atoms with Gasteiger partial charge in [0.25, 0.3) is 0 Å².